The molecule has 3 rings (SSSR count). The molecule has 7 heteroatoms. The number of amides is 1. The van der Waals surface area contributed by atoms with Crippen LogP contribution in [0.3, 0.4) is 0 Å². The molecule has 1 aliphatic rings. The minimum absolute atomic E-state index is 0.263. The van der Waals surface area contributed by atoms with E-state index in [2.05, 4.69) is 26.3 Å². The Kier molecular flexibility index (Phi) is 4.40. The van der Waals surface area contributed by atoms with Crippen molar-refractivity contribution < 1.29 is 13.9 Å². The first-order chi connectivity index (χ1) is 10.2. The van der Waals surface area contributed by atoms with Crippen molar-refractivity contribution in [1.29, 1.82) is 0 Å². The van der Waals surface area contributed by atoms with E-state index in [1.807, 2.05) is 10.9 Å². The zero-order valence-electron chi connectivity index (χ0n) is 11.4. The van der Waals surface area contributed by atoms with Crippen molar-refractivity contribution in [3.8, 4) is 0 Å². The fourth-order valence-corrected chi connectivity index (χ4v) is 2.66. The van der Waals surface area contributed by atoms with Crippen molar-refractivity contribution in [3.05, 3.63) is 35.0 Å². The molecule has 0 radical (unpaired) electrons. The minimum Gasteiger partial charge on any atom is -0.444 e. The van der Waals surface area contributed by atoms with Crippen molar-refractivity contribution in [2.24, 2.45) is 5.92 Å². The lowest BCUT2D eigenvalue weighted by Gasteiger charge is -2.21. The first kappa shape index (κ1) is 14.3. The third-order valence-corrected chi connectivity index (χ3v) is 3.90. The molecule has 6 nitrogen and oxygen atoms in total. The lowest BCUT2D eigenvalue weighted by molar-refractivity contribution is 0.0601. The number of carbonyl (C=O) groups excluding carboxylic acids is 1. The molecule has 0 saturated carbocycles. The van der Waals surface area contributed by atoms with E-state index in [4.69, 9.17) is 9.15 Å². The van der Waals surface area contributed by atoms with Gasteiger partial charge in [0.25, 0.3) is 5.91 Å². The molecular weight excluding hydrogens is 338 g/mol. The molecule has 0 spiro atoms. The van der Waals surface area contributed by atoms with Gasteiger partial charge in [0.1, 0.15) is 0 Å². The third-order valence-electron chi connectivity index (χ3n) is 3.47. The molecule has 1 amide bonds. The van der Waals surface area contributed by atoms with Gasteiger partial charge in [-0.05, 0) is 46.8 Å². The van der Waals surface area contributed by atoms with E-state index in [0.29, 0.717) is 16.3 Å². The Morgan fingerprint density at radius 1 is 1.43 bits per heavy atom. The number of rotatable bonds is 4. The number of nitrogens with one attached hydrogen (secondary N) is 1. The summed E-state index contributed by atoms with van der Waals surface area (Å²) in [5.74, 6) is 0.564. The number of ether oxygens (including phenoxy) is 1. The molecule has 0 aliphatic carbocycles. The predicted octanol–water partition coefficient (Wildman–Crippen LogP) is 2.92. The zero-order chi connectivity index (χ0) is 14.7. The van der Waals surface area contributed by atoms with Crippen LogP contribution >= 0.6 is 15.9 Å². The Morgan fingerprint density at radius 2 is 2.24 bits per heavy atom. The summed E-state index contributed by atoms with van der Waals surface area (Å²) in [6.45, 7) is 2.50. The number of hydrogen-bond donors (Lipinski definition) is 1. The van der Waals surface area contributed by atoms with E-state index in [1.54, 1.807) is 18.3 Å². The highest BCUT2D eigenvalue weighted by Gasteiger charge is 2.16. The van der Waals surface area contributed by atoms with E-state index in [1.165, 1.54) is 0 Å². The Hall–Kier alpha value is -1.60. The van der Waals surface area contributed by atoms with Crippen LogP contribution < -0.4 is 5.32 Å². The summed E-state index contributed by atoms with van der Waals surface area (Å²) in [6, 6.07) is 3.30. The van der Waals surface area contributed by atoms with E-state index in [9.17, 15) is 4.79 Å². The molecule has 1 aliphatic heterocycles. The normalized spacial score (nSPS) is 16.0. The summed E-state index contributed by atoms with van der Waals surface area (Å²) in [5, 5.41) is 7.05. The fraction of sp³-hybridized carbons (Fsp3) is 0.429. The van der Waals surface area contributed by atoms with Crippen molar-refractivity contribution in [1.82, 2.24) is 9.78 Å². The molecule has 1 saturated heterocycles. The van der Waals surface area contributed by atoms with Gasteiger partial charge in [-0.1, -0.05) is 0 Å². The van der Waals surface area contributed by atoms with Crippen LogP contribution in [-0.4, -0.2) is 28.9 Å². The Labute approximate surface area is 130 Å². The van der Waals surface area contributed by atoms with Crippen molar-refractivity contribution >= 4 is 27.5 Å². The van der Waals surface area contributed by atoms with Crippen molar-refractivity contribution in [2.45, 2.75) is 19.4 Å². The van der Waals surface area contributed by atoms with Crippen LogP contribution in [-0.2, 0) is 11.3 Å². The fourth-order valence-electron chi connectivity index (χ4n) is 2.35. The monoisotopic (exact) mass is 353 g/mol. The summed E-state index contributed by atoms with van der Waals surface area (Å²) in [4.78, 5) is 11.9. The van der Waals surface area contributed by atoms with Gasteiger partial charge in [-0.25, -0.2) is 0 Å². The van der Waals surface area contributed by atoms with Crippen LogP contribution in [0.4, 0.5) is 5.69 Å². The van der Waals surface area contributed by atoms with Gasteiger partial charge in [-0.15, -0.1) is 0 Å². The quantitative estimate of drug-likeness (QED) is 0.917. The molecule has 2 aromatic rings. The largest absolute Gasteiger partial charge is 0.444 e. The minimum atomic E-state index is -0.286. The topological polar surface area (TPSA) is 69.3 Å². The first-order valence-corrected chi connectivity index (χ1v) is 7.67. The molecular formula is C14H16BrN3O3. The van der Waals surface area contributed by atoms with Gasteiger partial charge in [0, 0.05) is 26.0 Å². The first-order valence-electron chi connectivity index (χ1n) is 6.87. The lowest BCUT2D eigenvalue weighted by atomic mass is 10.0. The van der Waals surface area contributed by atoms with Gasteiger partial charge < -0.3 is 14.5 Å². The summed E-state index contributed by atoms with van der Waals surface area (Å²) < 4.78 is 12.9. The smallest absolute Gasteiger partial charge is 0.291 e. The van der Waals surface area contributed by atoms with Gasteiger partial charge in [0.15, 0.2) is 10.4 Å². The average molecular weight is 354 g/mol. The number of halogens is 1. The van der Waals surface area contributed by atoms with E-state index < -0.39 is 0 Å². The SMILES string of the molecule is O=C(Nc1cnn(CC2CCOCC2)c1)c1ccc(Br)o1. The lowest BCUT2D eigenvalue weighted by Crippen LogP contribution is -2.20. The molecule has 1 fully saturated rings. The molecule has 112 valence electrons. The van der Waals surface area contributed by atoms with Crippen LogP contribution in [0.5, 0.6) is 0 Å². The van der Waals surface area contributed by atoms with Crippen LogP contribution in [0, 0.1) is 5.92 Å². The van der Waals surface area contributed by atoms with Gasteiger partial charge in [-0.2, -0.15) is 5.10 Å². The maximum Gasteiger partial charge on any atom is 0.291 e. The number of aromatic nitrogens is 2. The van der Waals surface area contributed by atoms with Gasteiger partial charge in [-0.3, -0.25) is 9.48 Å². The number of hydrogen-bond acceptors (Lipinski definition) is 4. The zero-order valence-corrected chi connectivity index (χ0v) is 13.0. The molecule has 21 heavy (non-hydrogen) atoms. The highest BCUT2D eigenvalue weighted by molar-refractivity contribution is 9.10. The van der Waals surface area contributed by atoms with E-state index in [0.717, 1.165) is 32.6 Å². The van der Waals surface area contributed by atoms with E-state index in [-0.39, 0.29) is 11.7 Å². The van der Waals surface area contributed by atoms with Crippen LogP contribution in [0.15, 0.2) is 33.6 Å². The van der Waals surface area contributed by atoms with Crippen LogP contribution in [0.1, 0.15) is 23.4 Å². The number of anilines is 1. The summed E-state index contributed by atoms with van der Waals surface area (Å²) in [6.07, 6.45) is 5.60. The number of nitrogens with zero attached hydrogens (tertiary/aromatic N) is 2. The Balaban J connectivity index is 1.58. The average Bonchev–Trinajstić information content (AvgIpc) is 3.09. The van der Waals surface area contributed by atoms with Gasteiger partial charge >= 0.3 is 0 Å². The second-order valence-electron chi connectivity index (χ2n) is 5.06. The molecule has 0 aromatic carbocycles. The standard InChI is InChI=1S/C14H16BrN3O3/c15-13-2-1-12(21-13)14(19)17-11-7-16-18(9-11)8-10-3-5-20-6-4-10/h1-2,7,9-10H,3-6,8H2,(H,17,19). The Morgan fingerprint density at radius 3 is 2.95 bits per heavy atom. The number of furan rings is 1. The van der Waals surface area contributed by atoms with Crippen molar-refractivity contribution in [3.63, 3.8) is 0 Å². The molecule has 0 unspecified atom stereocenters. The second kappa shape index (κ2) is 6.44. The predicted molar refractivity (Wildman–Crippen MR) is 80.1 cm³/mol. The molecule has 1 N–H and O–H groups in total. The summed E-state index contributed by atoms with van der Waals surface area (Å²) in [5.41, 5.74) is 0.666. The van der Waals surface area contributed by atoms with Gasteiger partial charge in [0.05, 0.1) is 11.9 Å². The molecule has 3 heterocycles. The molecule has 0 bridgehead atoms. The van der Waals surface area contributed by atoms with E-state index >= 15 is 0 Å². The highest BCUT2D eigenvalue weighted by atomic mass is 79.9. The second-order valence-corrected chi connectivity index (χ2v) is 5.85. The van der Waals surface area contributed by atoms with Crippen LogP contribution in [0.25, 0.3) is 0 Å². The molecule has 0 atom stereocenters. The van der Waals surface area contributed by atoms with Crippen LogP contribution in [0.2, 0.25) is 0 Å². The number of carbonyl (C=O) groups is 1. The summed E-state index contributed by atoms with van der Waals surface area (Å²) in [7, 11) is 0. The molecule has 2 aromatic heterocycles. The highest BCUT2D eigenvalue weighted by Crippen LogP contribution is 2.18. The maximum atomic E-state index is 11.9. The summed E-state index contributed by atoms with van der Waals surface area (Å²) >= 11 is 3.17. The van der Waals surface area contributed by atoms with Gasteiger partial charge in [0.2, 0.25) is 0 Å². The maximum absolute atomic E-state index is 11.9. The third kappa shape index (κ3) is 3.74. The Bertz CT molecular complexity index is 617. The van der Waals surface area contributed by atoms with Crippen molar-refractivity contribution in [2.75, 3.05) is 18.5 Å².